The lowest BCUT2D eigenvalue weighted by Gasteiger charge is -2.35. The number of nitrogens with zero attached hydrogens (tertiary/aromatic N) is 1. The molecule has 0 aromatic rings. The third kappa shape index (κ3) is 3.87. The first-order valence-corrected chi connectivity index (χ1v) is 6.14. The van der Waals surface area contributed by atoms with E-state index in [1.807, 2.05) is 13.8 Å². The summed E-state index contributed by atoms with van der Waals surface area (Å²) in [6.45, 7) is 8.17. The van der Waals surface area contributed by atoms with Crippen LogP contribution in [0.4, 0.5) is 4.79 Å². The fourth-order valence-corrected chi connectivity index (χ4v) is 1.83. The van der Waals surface area contributed by atoms with Crippen LogP contribution in [0.15, 0.2) is 0 Å². The van der Waals surface area contributed by atoms with Crippen LogP contribution >= 0.6 is 0 Å². The molecule has 104 valence electrons. The van der Waals surface area contributed by atoms with Gasteiger partial charge in [0.1, 0.15) is 0 Å². The van der Waals surface area contributed by atoms with Crippen LogP contribution in [0.25, 0.3) is 0 Å². The normalized spacial score (nSPS) is 24.8. The number of ether oxygens (including phenoxy) is 1. The zero-order chi connectivity index (χ0) is 13.9. The van der Waals surface area contributed by atoms with Crippen molar-refractivity contribution in [2.75, 3.05) is 19.6 Å². The number of carbonyl (C=O) groups is 2. The van der Waals surface area contributed by atoms with Gasteiger partial charge in [0.2, 0.25) is 0 Å². The van der Waals surface area contributed by atoms with E-state index >= 15 is 0 Å². The summed E-state index contributed by atoms with van der Waals surface area (Å²) >= 11 is 0. The second kappa shape index (κ2) is 5.56. The van der Waals surface area contributed by atoms with Crippen LogP contribution in [0.1, 0.15) is 27.7 Å². The van der Waals surface area contributed by atoms with Crippen LogP contribution in [0.2, 0.25) is 0 Å². The molecule has 0 bridgehead atoms. The van der Waals surface area contributed by atoms with Gasteiger partial charge in [0, 0.05) is 19.6 Å². The Morgan fingerprint density at radius 3 is 2.28 bits per heavy atom. The molecule has 0 spiro atoms. The molecule has 0 aromatic heterocycles. The molecule has 0 radical (unpaired) electrons. The van der Waals surface area contributed by atoms with Crippen molar-refractivity contribution in [2.45, 2.75) is 39.9 Å². The highest BCUT2D eigenvalue weighted by Crippen LogP contribution is 2.14. The summed E-state index contributed by atoms with van der Waals surface area (Å²) in [4.78, 5) is 24.5. The Hall–Kier alpha value is -1.30. The van der Waals surface area contributed by atoms with Crippen molar-refractivity contribution in [3.05, 3.63) is 0 Å². The molecule has 2 atom stereocenters. The van der Waals surface area contributed by atoms with Gasteiger partial charge >= 0.3 is 12.0 Å². The molecular formula is C12H22N2O4. The Morgan fingerprint density at radius 1 is 1.33 bits per heavy atom. The first-order valence-electron chi connectivity index (χ1n) is 6.14. The lowest BCUT2D eigenvalue weighted by atomic mass is 9.94. The molecule has 6 nitrogen and oxygen atoms in total. The fraction of sp³-hybridized carbons (Fsp3) is 0.833. The summed E-state index contributed by atoms with van der Waals surface area (Å²) < 4.78 is 5.53. The monoisotopic (exact) mass is 258 g/mol. The molecule has 6 heteroatoms. The number of nitrogens with one attached hydrogen (secondary N) is 1. The standard InChI is InChI=1S/C12H22N2O4/c1-8-5-14(6-9(2)18-8)11(17)13-7-12(3,4)10(15)16/h8-9H,5-7H2,1-4H3,(H,13,17)(H,15,16)/t8-,9+. The molecule has 1 rings (SSSR count). The number of amides is 2. The first kappa shape index (κ1) is 14.8. The molecule has 2 N–H and O–H groups in total. The fourth-order valence-electron chi connectivity index (χ4n) is 1.83. The van der Waals surface area contributed by atoms with Gasteiger partial charge in [0.25, 0.3) is 0 Å². The predicted molar refractivity (Wildman–Crippen MR) is 66.4 cm³/mol. The van der Waals surface area contributed by atoms with E-state index in [0.717, 1.165) is 0 Å². The maximum Gasteiger partial charge on any atom is 0.317 e. The van der Waals surface area contributed by atoms with Gasteiger partial charge in [0.05, 0.1) is 17.6 Å². The minimum Gasteiger partial charge on any atom is -0.481 e. The quantitative estimate of drug-likeness (QED) is 0.789. The van der Waals surface area contributed by atoms with Gasteiger partial charge in [-0.25, -0.2) is 4.79 Å². The maximum absolute atomic E-state index is 11.9. The van der Waals surface area contributed by atoms with Crippen LogP contribution < -0.4 is 5.32 Å². The predicted octanol–water partition coefficient (Wildman–Crippen LogP) is 0.916. The molecule has 2 amide bonds. The van der Waals surface area contributed by atoms with E-state index in [2.05, 4.69) is 5.32 Å². The highest BCUT2D eigenvalue weighted by atomic mass is 16.5. The molecule has 18 heavy (non-hydrogen) atoms. The van der Waals surface area contributed by atoms with Crippen molar-refractivity contribution in [3.63, 3.8) is 0 Å². The second-order valence-corrected chi connectivity index (χ2v) is 5.51. The molecule has 0 unspecified atom stereocenters. The molecule has 1 saturated heterocycles. The number of morpholine rings is 1. The summed E-state index contributed by atoms with van der Waals surface area (Å²) in [7, 11) is 0. The highest BCUT2D eigenvalue weighted by Gasteiger charge is 2.30. The van der Waals surface area contributed by atoms with Crippen molar-refractivity contribution in [1.29, 1.82) is 0 Å². The molecule has 1 aliphatic heterocycles. The molecular weight excluding hydrogens is 236 g/mol. The van der Waals surface area contributed by atoms with Gasteiger partial charge in [-0.05, 0) is 27.7 Å². The largest absolute Gasteiger partial charge is 0.481 e. The van der Waals surface area contributed by atoms with Crippen LogP contribution in [0.3, 0.4) is 0 Å². The van der Waals surface area contributed by atoms with E-state index in [9.17, 15) is 9.59 Å². The molecule has 0 saturated carbocycles. The summed E-state index contributed by atoms with van der Waals surface area (Å²) in [6, 6.07) is -0.230. The average molecular weight is 258 g/mol. The van der Waals surface area contributed by atoms with Gasteiger partial charge in [-0.2, -0.15) is 0 Å². The van der Waals surface area contributed by atoms with Gasteiger partial charge in [-0.15, -0.1) is 0 Å². The zero-order valence-electron chi connectivity index (χ0n) is 11.4. The number of carbonyl (C=O) groups excluding carboxylic acids is 1. The molecule has 1 heterocycles. The number of rotatable bonds is 3. The van der Waals surface area contributed by atoms with Crippen molar-refractivity contribution in [3.8, 4) is 0 Å². The lowest BCUT2D eigenvalue weighted by molar-refractivity contribution is -0.146. The van der Waals surface area contributed by atoms with E-state index in [1.165, 1.54) is 0 Å². The zero-order valence-corrected chi connectivity index (χ0v) is 11.4. The Balaban J connectivity index is 2.48. The van der Waals surface area contributed by atoms with Gasteiger partial charge in [-0.1, -0.05) is 0 Å². The number of urea groups is 1. The number of hydrogen-bond donors (Lipinski definition) is 2. The Labute approximate surface area is 107 Å². The Kier molecular flexibility index (Phi) is 4.56. The van der Waals surface area contributed by atoms with E-state index in [4.69, 9.17) is 9.84 Å². The summed E-state index contributed by atoms with van der Waals surface area (Å²) in [6.07, 6.45) is 0.0129. The van der Waals surface area contributed by atoms with E-state index < -0.39 is 11.4 Å². The van der Waals surface area contributed by atoms with Gasteiger partial charge in [-0.3, -0.25) is 4.79 Å². The van der Waals surface area contributed by atoms with E-state index in [0.29, 0.717) is 13.1 Å². The summed E-state index contributed by atoms with van der Waals surface area (Å²) in [5.41, 5.74) is -0.959. The van der Waals surface area contributed by atoms with Crippen LogP contribution in [-0.2, 0) is 9.53 Å². The van der Waals surface area contributed by atoms with Crippen LogP contribution in [-0.4, -0.2) is 53.8 Å². The van der Waals surface area contributed by atoms with Gasteiger partial charge in [0.15, 0.2) is 0 Å². The van der Waals surface area contributed by atoms with Crippen LogP contribution in [0.5, 0.6) is 0 Å². The third-order valence-corrected chi connectivity index (χ3v) is 2.97. The third-order valence-electron chi connectivity index (χ3n) is 2.97. The maximum atomic E-state index is 11.9. The summed E-state index contributed by atoms with van der Waals surface area (Å²) in [5, 5.41) is 11.6. The number of hydrogen-bond acceptors (Lipinski definition) is 3. The summed E-state index contributed by atoms with van der Waals surface area (Å²) in [5.74, 6) is -0.925. The Bertz CT molecular complexity index is 320. The van der Waals surface area contributed by atoms with Gasteiger partial charge < -0.3 is 20.1 Å². The van der Waals surface area contributed by atoms with E-state index in [1.54, 1.807) is 18.7 Å². The topological polar surface area (TPSA) is 78.9 Å². The second-order valence-electron chi connectivity index (χ2n) is 5.51. The number of carboxylic acids is 1. The minimum absolute atomic E-state index is 0.00647. The lowest BCUT2D eigenvalue weighted by Crippen LogP contribution is -2.53. The molecule has 1 fully saturated rings. The molecule has 0 aliphatic carbocycles. The first-order chi connectivity index (χ1) is 8.22. The van der Waals surface area contributed by atoms with E-state index in [-0.39, 0.29) is 24.8 Å². The minimum atomic E-state index is -0.959. The molecule has 0 aromatic carbocycles. The molecule has 1 aliphatic rings. The highest BCUT2D eigenvalue weighted by molar-refractivity contribution is 5.77. The van der Waals surface area contributed by atoms with Crippen molar-refractivity contribution in [1.82, 2.24) is 10.2 Å². The van der Waals surface area contributed by atoms with Crippen molar-refractivity contribution < 1.29 is 19.4 Å². The SMILES string of the molecule is C[C@@H]1CN(C(=O)NCC(C)(C)C(=O)O)C[C@H](C)O1. The smallest absolute Gasteiger partial charge is 0.317 e. The van der Waals surface area contributed by atoms with Crippen molar-refractivity contribution in [2.24, 2.45) is 5.41 Å². The average Bonchev–Trinajstić information content (AvgIpc) is 2.24. The number of carboxylic acid groups (broad SMARTS) is 1. The van der Waals surface area contributed by atoms with Crippen molar-refractivity contribution >= 4 is 12.0 Å². The number of aliphatic carboxylic acids is 1. The Morgan fingerprint density at radius 2 is 1.83 bits per heavy atom. The van der Waals surface area contributed by atoms with Crippen LogP contribution in [0, 0.1) is 5.41 Å².